The smallest absolute Gasteiger partial charge is 0.147 e. The van der Waals surface area contributed by atoms with Crippen LogP contribution in [0.1, 0.15) is 25.3 Å². The highest BCUT2D eigenvalue weighted by molar-refractivity contribution is 9.11. The lowest BCUT2D eigenvalue weighted by atomic mass is 10.2. The Kier molecular flexibility index (Phi) is 6.13. The molecule has 5 heteroatoms. The largest absolute Gasteiger partial charge is 0.492 e. The van der Waals surface area contributed by atoms with E-state index >= 15 is 0 Å². The van der Waals surface area contributed by atoms with E-state index < -0.39 is 0 Å². The Bertz CT molecular complexity index is 397. The van der Waals surface area contributed by atoms with E-state index in [1.807, 2.05) is 6.92 Å². The first-order chi connectivity index (χ1) is 9.20. The zero-order chi connectivity index (χ0) is 13.7. The van der Waals surface area contributed by atoms with E-state index in [-0.39, 0.29) is 0 Å². The Morgan fingerprint density at radius 3 is 2.68 bits per heavy atom. The molecule has 106 valence electrons. The first-order valence-electron chi connectivity index (χ1n) is 6.63. The fourth-order valence-corrected chi connectivity index (χ4v) is 3.69. The molecule has 1 aromatic rings. The van der Waals surface area contributed by atoms with Crippen molar-refractivity contribution in [3.63, 3.8) is 0 Å². The van der Waals surface area contributed by atoms with Gasteiger partial charge in [-0.25, -0.2) is 0 Å². The van der Waals surface area contributed by atoms with Crippen LogP contribution in [0.15, 0.2) is 21.1 Å². The fourth-order valence-electron chi connectivity index (χ4n) is 2.18. The van der Waals surface area contributed by atoms with Gasteiger partial charge in [0.1, 0.15) is 5.75 Å². The lowest BCUT2D eigenvalue weighted by Crippen LogP contribution is -2.25. The maximum atomic E-state index is 5.59. The lowest BCUT2D eigenvalue weighted by Gasteiger charge is -2.13. The van der Waals surface area contributed by atoms with E-state index in [1.165, 1.54) is 18.4 Å². The minimum absolute atomic E-state index is 0.384. The Balaban J connectivity index is 1.89. The quantitative estimate of drug-likeness (QED) is 0.796. The molecule has 1 heterocycles. The lowest BCUT2D eigenvalue weighted by molar-refractivity contribution is 0.110. The van der Waals surface area contributed by atoms with Gasteiger partial charge >= 0.3 is 0 Å². The van der Waals surface area contributed by atoms with E-state index in [0.29, 0.717) is 12.7 Å². The summed E-state index contributed by atoms with van der Waals surface area (Å²) in [5.41, 5.74) is 1.22. The van der Waals surface area contributed by atoms with Crippen LogP contribution in [0.25, 0.3) is 0 Å². The van der Waals surface area contributed by atoms with Crippen LogP contribution in [0.3, 0.4) is 0 Å². The Morgan fingerprint density at radius 2 is 2.11 bits per heavy atom. The molecule has 1 saturated heterocycles. The van der Waals surface area contributed by atoms with Gasteiger partial charge in [-0.3, -0.25) is 0 Å². The molecule has 1 atom stereocenters. The number of benzene rings is 1. The van der Waals surface area contributed by atoms with E-state index in [4.69, 9.17) is 9.47 Å². The maximum absolute atomic E-state index is 5.59. The van der Waals surface area contributed by atoms with E-state index in [1.54, 1.807) is 0 Å². The third kappa shape index (κ3) is 4.45. The van der Waals surface area contributed by atoms with Crippen LogP contribution in [0, 0.1) is 0 Å². The van der Waals surface area contributed by atoms with Crippen LogP contribution < -0.4 is 10.1 Å². The molecule has 1 aromatic carbocycles. The normalized spacial score (nSPS) is 18.8. The highest BCUT2D eigenvalue weighted by atomic mass is 79.9. The van der Waals surface area contributed by atoms with Gasteiger partial charge in [-0.05, 0) is 69.3 Å². The first-order valence-corrected chi connectivity index (χ1v) is 8.22. The molecule has 1 aliphatic rings. The molecule has 0 saturated carbocycles. The molecule has 0 bridgehead atoms. The standard InChI is InChI=1S/C14H19Br2NO2/c1-2-18-14-12(15)6-10(7-13(14)16)8-17-9-11-4-3-5-19-11/h6-7,11,17H,2-5,8-9H2,1H3/t11-/m0/s1. The summed E-state index contributed by atoms with van der Waals surface area (Å²) in [6.45, 7) is 5.31. The van der Waals surface area contributed by atoms with Gasteiger partial charge in [0.2, 0.25) is 0 Å². The first kappa shape index (κ1) is 15.3. The predicted molar refractivity (Wildman–Crippen MR) is 83.7 cm³/mol. The Morgan fingerprint density at radius 1 is 1.37 bits per heavy atom. The number of nitrogens with one attached hydrogen (secondary N) is 1. The molecule has 0 aliphatic carbocycles. The second kappa shape index (κ2) is 7.62. The van der Waals surface area contributed by atoms with Gasteiger partial charge in [-0.1, -0.05) is 0 Å². The number of rotatable bonds is 6. The molecule has 19 heavy (non-hydrogen) atoms. The summed E-state index contributed by atoms with van der Waals surface area (Å²) in [5.74, 6) is 0.866. The van der Waals surface area contributed by atoms with Gasteiger partial charge in [0.05, 0.1) is 21.7 Å². The van der Waals surface area contributed by atoms with Crippen molar-refractivity contribution in [3.8, 4) is 5.75 Å². The zero-order valence-electron chi connectivity index (χ0n) is 11.0. The summed E-state index contributed by atoms with van der Waals surface area (Å²) in [7, 11) is 0. The molecular formula is C14H19Br2NO2. The van der Waals surface area contributed by atoms with Gasteiger partial charge in [0.15, 0.2) is 0 Å². The molecule has 3 nitrogen and oxygen atoms in total. The minimum Gasteiger partial charge on any atom is -0.492 e. The van der Waals surface area contributed by atoms with Crippen molar-refractivity contribution in [2.45, 2.75) is 32.4 Å². The minimum atomic E-state index is 0.384. The summed E-state index contributed by atoms with van der Waals surface area (Å²) in [4.78, 5) is 0. The third-order valence-electron chi connectivity index (χ3n) is 3.07. The average Bonchev–Trinajstić information content (AvgIpc) is 2.87. The molecule has 1 aliphatic heterocycles. The van der Waals surface area contributed by atoms with Gasteiger partial charge in [0.25, 0.3) is 0 Å². The van der Waals surface area contributed by atoms with Gasteiger partial charge in [0, 0.05) is 19.7 Å². The molecule has 1 N–H and O–H groups in total. The molecule has 1 fully saturated rings. The van der Waals surface area contributed by atoms with Crippen molar-refractivity contribution < 1.29 is 9.47 Å². The average molecular weight is 393 g/mol. The van der Waals surface area contributed by atoms with Crippen molar-refractivity contribution in [1.82, 2.24) is 5.32 Å². The van der Waals surface area contributed by atoms with E-state index in [2.05, 4.69) is 49.3 Å². The number of ether oxygens (including phenoxy) is 2. The summed E-state index contributed by atoms with van der Waals surface area (Å²) in [6.07, 6.45) is 2.74. The highest BCUT2D eigenvalue weighted by Crippen LogP contribution is 2.34. The van der Waals surface area contributed by atoms with Crippen LogP contribution >= 0.6 is 31.9 Å². The number of halogens is 2. The molecule has 0 spiro atoms. The zero-order valence-corrected chi connectivity index (χ0v) is 14.2. The van der Waals surface area contributed by atoms with Gasteiger partial charge in [-0.2, -0.15) is 0 Å². The van der Waals surface area contributed by atoms with Crippen molar-refractivity contribution in [1.29, 1.82) is 0 Å². The Labute approximate surface area is 131 Å². The molecular weight excluding hydrogens is 374 g/mol. The van der Waals surface area contributed by atoms with E-state index in [0.717, 1.165) is 34.4 Å². The van der Waals surface area contributed by atoms with Crippen LogP contribution in [0.5, 0.6) is 5.75 Å². The highest BCUT2D eigenvalue weighted by Gasteiger charge is 2.15. The van der Waals surface area contributed by atoms with Crippen molar-refractivity contribution in [3.05, 3.63) is 26.6 Å². The number of hydrogen-bond acceptors (Lipinski definition) is 3. The van der Waals surface area contributed by atoms with Crippen LogP contribution in [-0.4, -0.2) is 25.9 Å². The number of hydrogen-bond donors (Lipinski definition) is 1. The summed E-state index contributed by atoms with van der Waals surface area (Å²) in [6, 6.07) is 4.19. The molecule has 2 rings (SSSR count). The Hall–Kier alpha value is -0.100. The maximum Gasteiger partial charge on any atom is 0.147 e. The summed E-state index contributed by atoms with van der Waals surface area (Å²) >= 11 is 7.10. The predicted octanol–water partition coefficient (Wildman–Crippen LogP) is 3.88. The van der Waals surface area contributed by atoms with Crippen LogP contribution in [-0.2, 0) is 11.3 Å². The van der Waals surface area contributed by atoms with Crippen LogP contribution in [0.2, 0.25) is 0 Å². The molecule has 0 amide bonds. The SMILES string of the molecule is CCOc1c(Br)cc(CNC[C@@H]2CCCO2)cc1Br. The second-order valence-electron chi connectivity index (χ2n) is 4.59. The fraction of sp³-hybridized carbons (Fsp3) is 0.571. The van der Waals surface area contributed by atoms with Crippen LogP contribution in [0.4, 0.5) is 0 Å². The molecule has 0 unspecified atom stereocenters. The second-order valence-corrected chi connectivity index (χ2v) is 6.30. The topological polar surface area (TPSA) is 30.5 Å². The monoisotopic (exact) mass is 391 g/mol. The van der Waals surface area contributed by atoms with Gasteiger partial charge < -0.3 is 14.8 Å². The third-order valence-corrected chi connectivity index (χ3v) is 4.25. The van der Waals surface area contributed by atoms with Crippen molar-refractivity contribution in [2.75, 3.05) is 19.8 Å². The summed E-state index contributed by atoms with van der Waals surface area (Å²) < 4.78 is 13.1. The molecule has 0 radical (unpaired) electrons. The van der Waals surface area contributed by atoms with Gasteiger partial charge in [-0.15, -0.1) is 0 Å². The van der Waals surface area contributed by atoms with Crippen molar-refractivity contribution in [2.24, 2.45) is 0 Å². The summed E-state index contributed by atoms with van der Waals surface area (Å²) in [5, 5.41) is 3.44. The van der Waals surface area contributed by atoms with E-state index in [9.17, 15) is 0 Å². The van der Waals surface area contributed by atoms with Crippen molar-refractivity contribution >= 4 is 31.9 Å². The molecule has 0 aromatic heterocycles.